The zero-order valence-electron chi connectivity index (χ0n) is 15.3. The van der Waals surface area contributed by atoms with Crippen molar-refractivity contribution >= 4 is 17.5 Å². The molecule has 3 aliphatic heterocycles. The van der Waals surface area contributed by atoms with Gasteiger partial charge < -0.3 is 14.6 Å². The zero-order valence-corrected chi connectivity index (χ0v) is 15.3. The number of ketones is 2. The highest BCUT2D eigenvalue weighted by Gasteiger charge is 2.56. The molecule has 4 bridgehead atoms. The van der Waals surface area contributed by atoms with Gasteiger partial charge in [-0.2, -0.15) is 0 Å². The third-order valence-electron chi connectivity index (χ3n) is 5.28. The third kappa shape index (κ3) is 3.19. The SMILES string of the molecule is C=C(C)[C@@H]1C[C@H]2O[C@@]1(O)C(=O)[C@@H](C)CC(=O)/C=C(/C)C[C@H]1C=C2C(=O)O1. The second-order valence-electron chi connectivity index (χ2n) is 7.63. The Morgan fingerprint density at radius 1 is 1.31 bits per heavy atom. The largest absolute Gasteiger partial charge is 0.454 e. The molecule has 1 fully saturated rings. The summed E-state index contributed by atoms with van der Waals surface area (Å²) in [5.74, 6) is -4.73. The van der Waals surface area contributed by atoms with Crippen LogP contribution in [0.3, 0.4) is 0 Å². The van der Waals surface area contributed by atoms with E-state index in [0.717, 1.165) is 5.57 Å². The molecule has 5 atom stereocenters. The average Bonchev–Trinajstić information content (AvgIpc) is 3.06. The molecule has 0 spiro atoms. The van der Waals surface area contributed by atoms with Gasteiger partial charge in [-0.05, 0) is 32.4 Å². The Labute approximate surface area is 152 Å². The summed E-state index contributed by atoms with van der Waals surface area (Å²) in [5, 5.41) is 11.1. The number of hydrogen-bond acceptors (Lipinski definition) is 6. The predicted octanol–water partition coefficient (Wildman–Crippen LogP) is 2.02. The summed E-state index contributed by atoms with van der Waals surface area (Å²) >= 11 is 0. The molecule has 26 heavy (non-hydrogen) atoms. The summed E-state index contributed by atoms with van der Waals surface area (Å²) < 4.78 is 11.1. The molecule has 0 unspecified atom stereocenters. The van der Waals surface area contributed by atoms with Gasteiger partial charge in [0.2, 0.25) is 5.79 Å². The molecule has 0 aromatic rings. The Morgan fingerprint density at radius 3 is 2.65 bits per heavy atom. The van der Waals surface area contributed by atoms with E-state index in [1.54, 1.807) is 26.8 Å². The summed E-state index contributed by atoms with van der Waals surface area (Å²) in [4.78, 5) is 37.5. The molecule has 6 heteroatoms. The molecule has 0 aliphatic carbocycles. The van der Waals surface area contributed by atoms with Crippen molar-refractivity contribution in [3.8, 4) is 0 Å². The molecule has 1 N–H and O–H groups in total. The quantitative estimate of drug-likeness (QED) is 0.568. The molecule has 1 saturated heterocycles. The van der Waals surface area contributed by atoms with Crippen molar-refractivity contribution in [2.45, 2.75) is 58.0 Å². The van der Waals surface area contributed by atoms with Crippen LogP contribution in [0.4, 0.5) is 0 Å². The Kier molecular flexibility index (Phi) is 4.75. The van der Waals surface area contributed by atoms with Crippen LogP contribution in [0.1, 0.15) is 40.0 Å². The lowest BCUT2D eigenvalue weighted by Crippen LogP contribution is -2.47. The molecule has 0 radical (unpaired) electrons. The molecule has 0 aromatic heterocycles. The molecular weight excluding hydrogens is 336 g/mol. The van der Waals surface area contributed by atoms with Crippen LogP contribution in [0.15, 0.2) is 35.5 Å². The fraction of sp³-hybridized carbons (Fsp3) is 0.550. The average molecular weight is 360 g/mol. The van der Waals surface area contributed by atoms with Gasteiger partial charge in [0.15, 0.2) is 11.6 Å². The summed E-state index contributed by atoms with van der Waals surface area (Å²) in [5.41, 5.74) is 1.68. The van der Waals surface area contributed by atoms with Crippen molar-refractivity contribution in [1.29, 1.82) is 0 Å². The smallest absolute Gasteiger partial charge is 0.337 e. The molecule has 3 aliphatic rings. The number of carbonyl (C=O) groups excluding carboxylic acids is 3. The van der Waals surface area contributed by atoms with E-state index in [1.807, 2.05) is 0 Å². The van der Waals surface area contributed by atoms with Gasteiger partial charge in [-0.15, -0.1) is 0 Å². The molecule has 0 saturated carbocycles. The van der Waals surface area contributed by atoms with E-state index in [9.17, 15) is 19.5 Å². The maximum absolute atomic E-state index is 12.9. The van der Waals surface area contributed by atoms with Gasteiger partial charge in [-0.25, -0.2) is 4.79 Å². The number of hydrogen-bond donors (Lipinski definition) is 1. The number of fused-ring (bicyclic) bond motifs is 4. The number of Topliss-reactive ketones (excluding diaryl/α,β-unsaturated/α-hetero) is 1. The second-order valence-corrected chi connectivity index (χ2v) is 7.63. The summed E-state index contributed by atoms with van der Waals surface area (Å²) in [6.45, 7) is 8.97. The van der Waals surface area contributed by atoms with Gasteiger partial charge >= 0.3 is 5.97 Å². The predicted molar refractivity (Wildman–Crippen MR) is 92.9 cm³/mol. The lowest BCUT2D eigenvalue weighted by molar-refractivity contribution is -0.207. The minimum atomic E-state index is -2.10. The van der Waals surface area contributed by atoms with Crippen molar-refractivity contribution < 1.29 is 29.0 Å². The van der Waals surface area contributed by atoms with Crippen molar-refractivity contribution in [1.82, 2.24) is 0 Å². The van der Waals surface area contributed by atoms with Gasteiger partial charge in [0.25, 0.3) is 0 Å². The Hall–Kier alpha value is -2.05. The molecule has 3 rings (SSSR count). The van der Waals surface area contributed by atoms with Crippen LogP contribution < -0.4 is 0 Å². The van der Waals surface area contributed by atoms with Gasteiger partial charge in [-0.3, -0.25) is 9.59 Å². The maximum Gasteiger partial charge on any atom is 0.337 e. The number of allylic oxidation sites excluding steroid dienone is 1. The molecule has 140 valence electrons. The lowest BCUT2D eigenvalue weighted by Gasteiger charge is -2.30. The first kappa shape index (κ1) is 18.7. The number of rotatable bonds is 1. The first-order valence-corrected chi connectivity index (χ1v) is 8.84. The fourth-order valence-corrected chi connectivity index (χ4v) is 3.98. The first-order valence-electron chi connectivity index (χ1n) is 8.84. The highest BCUT2D eigenvalue weighted by atomic mass is 16.6. The van der Waals surface area contributed by atoms with E-state index in [2.05, 4.69) is 6.58 Å². The van der Waals surface area contributed by atoms with Crippen LogP contribution in [0.25, 0.3) is 0 Å². The maximum atomic E-state index is 12.9. The topological polar surface area (TPSA) is 89.9 Å². The van der Waals surface area contributed by atoms with Crippen molar-refractivity contribution in [3.63, 3.8) is 0 Å². The van der Waals surface area contributed by atoms with Gasteiger partial charge in [0.1, 0.15) is 6.10 Å². The van der Waals surface area contributed by atoms with E-state index < -0.39 is 41.6 Å². The van der Waals surface area contributed by atoms with Crippen LogP contribution in [0, 0.1) is 11.8 Å². The van der Waals surface area contributed by atoms with E-state index in [1.165, 1.54) is 6.08 Å². The number of aliphatic hydroxyl groups is 1. The Morgan fingerprint density at radius 2 is 2.00 bits per heavy atom. The highest BCUT2D eigenvalue weighted by molar-refractivity contribution is 5.97. The molecule has 0 amide bonds. The van der Waals surface area contributed by atoms with Crippen LogP contribution in [-0.2, 0) is 23.9 Å². The van der Waals surface area contributed by atoms with Crippen molar-refractivity contribution in [2.24, 2.45) is 11.8 Å². The minimum Gasteiger partial charge on any atom is -0.454 e. The number of carbonyl (C=O) groups is 3. The van der Waals surface area contributed by atoms with Crippen molar-refractivity contribution in [3.05, 3.63) is 35.5 Å². The monoisotopic (exact) mass is 360 g/mol. The van der Waals surface area contributed by atoms with Crippen LogP contribution >= 0.6 is 0 Å². The van der Waals surface area contributed by atoms with Gasteiger partial charge in [-0.1, -0.05) is 24.6 Å². The van der Waals surface area contributed by atoms with E-state index in [-0.39, 0.29) is 18.6 Å². The number of esters is 1. The second kappa shape index (κ2) is 6.59. The van der Waals surface area contributed by atoms with Crippen LogP contribution in [0.2, 0.25) is 0 Å². The zero-order chi connectivity index (χ0) is 19.2. The van der Waals surface area contributed by atoms with Gasteiger partial charge in [0, 0.05) is 24.7 Å². The van der Waals surface area contributed by atoms with Crippen LogP contribution in [-0.4, -0.2) is 40.6 Å². The number of ether oxygens (including phenoxy) is 2. The third-order valence-corrected chi connectivity index (χ3v) is 5.28. The Balaban J connectivity index is 2.05. The Bertz CT molecular complexity index is 745. The van der Waals surface area contributed by atoms with Crippen LogP contribution in [0.5, 0.6) is 0 Å². The van der Waals surface area contributed by atoms with Crippen molar-refractivity contribution in [2.75, 3.05) is 0 Å². The lowest BCUT2D eigenvalue weighted by atomic mass is 9.82. The molecular formula is C20H24O6. The van der Waals surface area contributed by atoms with E-state index in [4.69, 9.17) is 9.47 Å². The molecule has 6 nitrogen and oxygen atoms in total. The van der Waals surface area contributed by atoms with Gasteiger partial charge in [0.05, 0.1) is 11.7 Å². The summed E-state index contributed by atoms with van der Waals surface area (Å²) in [6, 6.07) is 0. The normalized spacial score (nSPS) is 39.9. The summed E-state index contributed by atoms with van der Waals surface area (Å²) in [7, 11) is 0. The highest BCUT2D eigenvalue weighted by Crippen LogP contribution is 2.44. The standard InChI is InChI=1S/C20H24O6/c1-10(2)16-9-17-15-8-14(25-19(15)23)6-11(3)5-13(21)7-12(4)18(22)20(16,24)26-17/h5,8,12,14,16-17,24H,1,6-7,9H2,2-4H3/b11-5-/t12-,14-,16-,17+,20+/m0/s1. The fourth-order valence-electron chi connectivity index (χ4n) is 3.98. The molecule has 0 aromatic carbocycles. The summed E-state index contributed by atoms with van der Waals surface area (Å²) in [6.07, 6.45) is 2.58. The van der Waals surface area contributed by atoms with E-state index in [0.29, 0.717) is 17.6 Å². The molecule has 3 heterocycles. The first-order chi connectivity index (χ1) is 12.1. The van der Waals surface area contributed by atoms with E-state index >= 15 is 0 Å². The minimum absolute atomic E-state index is 0.0137.